The summed E-state index contributed by atoms with van der Waals surface area (Å²) >= 11 is 1.77. The summed E-state index contributed by atoms with van der Waals surface area (Å²) in [5.41, 5.74) is 1.22. The maximum atomic E-state index is 13.5. The zero-order chi connectivity index (χ0) is 21.6. The number of thiophene rings is 1. The van der Waals surface area contributed by atoms with E-state index in [4.69, 9.17) is 4.74 Å². The largest absolute Gasteiger partial charge is 0.491 e. The van der Waals surface area contributed by atoms with Crippen molar-refractivity contribution < 1.29 is 14.6 Å². The molecule has 0 unspecified atom stereocenters. The standard InChI is InChI=1S/C25H34N2O3S/c1-2-6-20(28)16-26(15-19-9-10-19)17-25(29)27-13-11-24-22(12-14-31-24)23(27)18-30-21-7-4-3-5-8-21/h3-5,7-8,12,14,19-20,23,28H,2,6,9-11,13,15-18H2,1H3/t20-,23+/m1/s1. The number of carbonyl (C=O) groups excluding carboxylic acids is 1. The third kappa shape index (κ3) is 6.09. The lowest BCUT2D eigenvalue weighted by Crippen LogP contribution is -2.48. The van der Waals surface area contributed by atoms with E-state index in [2.05, 4.69) is 23.3 Å². The number of hydrogen-bond donors (Lipinski definition) is 1. The van der Waals surface area contributed by atoms with Gasteiger partial charge in [-0.05, 0) is 60.7 Å². The topological polar surface area (TPSA) is 53.0 Å². The number of nitrogens with zero attached hydrogens (tertiary/aromatic N) is 2. The third-order valence-corrected chi connectivity index (χ3v) is 7.23. The molecule has 1 N–H and O–H groups in total. The summed E-state index contributed by atoms with van der Waals surface area (Å²) in [6.45, 7) is 5.14. The SMILES string of the molecule is CCC[C@@H](O)CN(CC(=O)N1CCc2sccc2[C@@H]1COc1ccccc1)CC1CC1. The van der Waals surface area contributed by atoms with Crippen LogP contribution in [0.25, 0.3) is 0 Å². The smallest absolute Gasteiger partial charge is 0.237 e. The van der Waals surface area contributed by atoms with Crippen LogP contribution in [0.2, 0.25) is 0 Å². The molecule has 31 heavy (non-hydrogen) atoms. The van der Waals surface area contributed by atoms with Crippen LogP contribution in [0.3, 0.4) is 0 Å². The van der Waals surface area contributed by atoms with Crippen molar-refractivity contribution in [1.29, 1.82) is 0 Å². The van der Waals surface area contributed by atoms with Crippen molar-refractivity contribution in [3.63, 3.8) is 0 Å². The average Bonchev–Trinajstić information content (AvgIpc) is 3.44. The summed E-state index contributed by atoms with van der Waals surface area (Å²) < 4.78 is 6.09. The van der Waals surface area contributed by atoms with Crippen LogP contribution in [0.5, 0.6) is 5.75 Å². The number of rotatable bonds is 11. The highest BCUT2D eigenvalue weighted by molar-refractivity contribution is 7.10. The van der Waals surface area contributed by atoms with Crippen LogP contribution in [0.4, 0.5) is 0 Å². The lowest BCUT2D eigenvalue weighted by Gasteiger charge is -2.37. The molecule has 1 aliphatic heterocycles. The second-order valence-electron chi connectivity index (χ2n) is 8.86. The zero-order valence-electron chi connectivity index (χ0n) is 18.4. The molecule has 1 aliphatic carbocycles. The van der Waals surface area contributed by atoms with Gasteiger partial charge in [0.15, 0.2) is 0 Å². The molecule has 6 heteroatoms. The fraction of sp³-hybridized carbons (Fsp3) is 0.560. The third-order valence-electron chi connectivity index (χ3n) is 6.23. The van der Waals surface area contributed by atoms with E-state index in [0.29, 0.717) is 25.6 Å². The highest BCUT2D eigenvalue weighted by Crippen LogP contribution is 2.34. The minimum absolute atomic E-state index is 0.0638. The lowest BCUT2D eigenvalue weighted by atomic mass is 10.0. The van der Waals surface area contributed by atoms with Crippen LogP contribution in [0.1, 0.15) is 49.1 Å². The van der Waals surface area contributed by atoms with Crippen molar-refractivity contribution >= 4 is 17.2 Å². The Morgan fingerprint density at radius 3 is 2.84 bits per heavy atom. The molecule has 1 fully saturated rings. The quantitative estimate of drug-likeness (QED) is 0.569. The Labute approximate surface area is 189 Å². The van der Waals surface area contributed by atoms with Gasteiger partial charge in [-0.1, -0.05) is 31.5 Å². The number of ether oxygens (including phenoxy) is 1. The van der Waals surface area contributed by atoms with E-state index in [-0.39, 0.29) is 18.1 Å². The molecule has 1 aromatic heterocycles. The molecule has 1 aromatic carbocycles. The molecule has 5 nitrogen and oxygen atoms in total. The maximum absolute atomic E-state index is 13.5. The Kier molecular flexibility index (Phi) is 7.64. The van der Waals surface area contributed by atoms with Gasteiger partial charge >= 0.3 is 0 Å². The number of aliphatic hydroxyl groups excluding tert-OH is 1. The second-order valence-corrected chi connectivity index (χ2v) is 9.86. The predicted molar refractivity (Wildman–Crippen MR) is 124 cm³/mol. The molecule has 2 heterocycles. The summed E-state index contributed by atoms with van der Waals surface area (Å²) in [4.78, 5) is 19.0. The number of benzene rings is 1. The number of aliphatic hydroxyl groups is 1. The normalized spacial score (nSPS) is 19.3. The van der Waals surface area contributed by atoms with E-state index in [1.165, 1.54) is 23.3 Å². The minimum Gasteiger partial charge on any atom is -0.491 e. The first-order valence-corrected chi connectivity index (χ1v) is 12.5. The molecule has 4 rings (SSSR count). The summed E-state index contributed by atoms with van der Waals surface area (Å²) in [6.07, 6.45) is 4.76. The molecule has 1 amide bonds. The van der Waals surface area contributed by atoms with Gasteiger partial charge in [-0.3, -0.25) is 9.69 Å². The first-order chi connectivity index (χ1) is 15.1. The van der Waals surface area contributed by atoms with Crippen LogP contribution in [-0.2, 0) is 11.2 Å². The van der Waals surface area contributed by atoms with E-state index in [9.17, 15) is 9.90 Å². The van der Waals surface area contributed by atoms with Gasteiger partial charge in [0.1, 0.15) is 12.4 Å². The van der Waals surface area contributed by atoms with Crippen molar-refractivity contribution in [3.8, 4) is 5.75 Å². The number of hydrogen-bond acceptors (Lipinski definition) is 5. The van der Waals surface area contributed by atoms with Gasteiger partial charge in [0.05, 0.1) is 18.7 Å². The van der Waals surface area contributed by atoms with Crippen molar-refractivity contribution in [3.05, 3.63) is 52.2 Å². The fourth-order valence-corrected chi connectivity index (χ4v) is 5.37. The minimum atomic E-state index is -0.362. The van der Waals surface area contributed by atoms with Crippen LogP contribution in [-0.4, -0.2) is 59.7 Å². The molecule has 0 radical (unpaired) electrons. The molecule has 0 spiro atoms. The molecule has 0 bridgehead atoms. The first-order valence-electron chi connectivity index (χ1n) is 11.6. The van der Waals surface area contributed by atoms with Crippen molar-refractivity contribution in [2.75, 3.05) is 32.8 Å². The van der Waals surface area contributed by atoms with Gasteiger partial charge in [0, 0.05) is 24.5 Å². The molecule has 2 atom stereocenters. The van der Waals surface area contributed by atoms with E-state index in [0.717, 1.165) is 38.1 Å². The van der Waals surface area contributed by atoms with Gasteiger partial charge in [-0.15, -0.1) is 11.3 Å². The maximum Gasteiger partial charge on any atom is 0.237 e. The van der Waals surface area contributed by atoms with E-state index in [1.54, 1.807) is 11.3 Å². The number of para-hydroxylation sites is 1. The first kappa shape index (κ1) is 22.3. The van der Waals surface area contributed by atoms with Crippen molar-refractivity contribution in [2.45, 2.75) is 51.2 Å². The lowest BCUT2D eigenvalue weighted by molar-refractivity contribution is -0.136. The van der Waals surface area contributed by atoms with Gasteiger partial charge < -0.3 is 14.7 Å². The fourth-order valence-electron chi connectivity index (χ4n) is 4.44. The summed E-state index contributed by atoms with van der Waals surface area (Å²) in [5, 5.41) is 12.5. The molecular formula is C25H34N2O3S. The molecule has 0 saturated heterocycles. The van der Waals surface area contributed by atoms with Gasteiger partial charge in [0.25, 0.3) is 0 Å². The summed E-state index contributed by atoms with van der Waals surface area (Å²) in [5.74, 6) is 1.65. The van der Waals surface area contributed by atoms with Gasteiger partial charge in [0.2, 0.25) is 5.91 Å². The van der Waals surface area contributed by atoms with E-state index >= 15 is 0 Å². The van der Waals surface area contributed by atoms with Crippen molar-refractivity contribution in [1.82, 2.24) is 9.80 Å². The zero-order valence-corrected chi connectivity index (χ0v) is 19.2. The predicted octanol–water partition coefficient (Wildman–Crippen LogP) is 4.13. The van der Waals surface area contributed by atoms with Crippen LogP contribution < -0.4 is 4.74 Å². The Morgan fingerprint density at radius 2 is 2.10 bits per heavy atom. The molecule has 2 aromatic rings. The van der Waals surface area contributed by atoms with Crippen LogP contribution >= 0.6 is 11.3 Å². The van der Waals surface area contributed by atoms with Gasteiger partial charge in [-0.2, -0.15) is 0 Å². The van der Waals surface area contributed by atoms with Crippen LogP contribution in [0.15, 0.2) is 41.8 Å². The molecule has 1 saturated carbocycles. The monoisotopic (exact) mass is 442 g/mol. The summed E-state index contributed by atoms with van der Waals surface area (Å²) in [6, 6.07) is 11.9. The van der Waals surface area contributed by atoms with Crippen molar-refractivity contribution in [2.24, 2.45) is 5.92 Å². The Bertz CT molecular complexity index is 836. The Balaban J connectivity index is 1.44. The van der Waals surface area contributed by atoms with E-state index < -0.39 is 0 Å². The second kappa shape index (κ2) is 10.6. The molecule has 168 valence electrons. The molecule has 2 aliphatic rings. The van der Waals surface area contributed by atoms with E-state index in [1.807, 2.05) is 35.2 Å². The Morgan fingerprint density at radius 1 is 1.29 bits per heavy atom. The summed E-state index contributed by atoms with van der Waals surface area (Å²) in [7, 11) is 0. The van der Waals surface area contributed by atoms with Gasteiger partial charge in [-0.25, -0.2) is 0 Å². The number of carbonyl (C=O) groups is 1. The highest BCUT2D eigenvalue weighted by atomic mass is 32.1. The highest BCUT2D eigenvalue weighted by Gasteiger charge is 2.34. The number of fused-ring (bicyclic) bond motifs is 1. The average molecular weight is 443 g/mol. The molecular weight excluding hydrogens is 408 g/mol. The van der Waals surface area contributed by atoms with Crippen LogP contribution in [0, 0.1) is 5.92 Å². The Hall–Kier alpha value is -1.89. The number of amides is 1.